The molecule has 1 aliphatic heterocycles. The summed E-state index contributed by atoms with van der Waals surface area (Å²) in [5.41, 5.74) is 8.14. The monoisotopic (exact) mass is 373 g/mol. The average molecular weight is 374 g/mol. The topological polar surface area (TPSA) is 75.4 Å². The lowest BCUT2D eigenvalue weighted by Gasteiger charge is -2.36. The molecule has 0 spiro atoms. The largest absolute Gasteiger partial charge is 0.354 e. The summed E-state index contributed by atoms with van der Waals surface area (Å²) >= 11 is 0. The Kier molecular flexibility index (Phi) is 7.04. The zero-order valence-electron chi connectivity index (χ0n) is 17.4. The second-order valence-corrected chi connectivity index (χ2v) is 9.01. The van der Waals surface area contributed by atoms with Crippen LogP contribution in [0.2, 0.25) is 0 Å². The van der Waals surface area contributed by atoms with Crippen molar-refractivity contribution in [3.05, 3.63) is 35.4 Å². The maximum atomic E-state index is 12.6. The summed E-state index contributed by atoms with van der Waals surface area (Å²) in [5.74, 6) is 0.443. The predicted molar refractivity (Wildman–Crippen MR) is 109 cm³/mol. The smallest absolute Gasteiger partial charge is 0.227 e. The van der Waals surface area contributed by atoms with Gasteiger partial charge in [-0.2, -0.15) is 0 Å². The molecule has 27 heavy (non-hydrogen) atoms. The molecular weight excluding hydrogens is 338 g/mol. The molecule has 1 aromatic rings. The molecule has 5 heteroatoms. The van der Waals surface area contributed by atoms with E-state index in [1.165, 1.54) is 5.56 Å². The molecule has 2 rings (SSSR count). The Morgan fingerprint density at radius 3 is 2.33 bits per heavy atom. The summed E-state index contributed by atoms with van der Waals surface area (Å²) in [5, 5.41) is 2.98. The summed E-state index contributed by atoms with van der Waals surface area (Å²) in [4.78, 5) is 26.9. The van der Waals surface area contributed by atoms with E-state index in [1.54, 1.807) is 0 Å². The number of nitrogens with one attached hydrogen (secondary N) is 1. The number of rotatable bonds is 5. The number of benzene rings is 1. The highest BCUT2D eigenvalue weighted by molar-refractivity contribution is 5.83. The van der Waals surface area contributed by atoms with Gasteiger partial charge in [0.05, 0.1) is 5.92 Å². The summed E-state index contributed by atoms with van der Waals surface area (Å²) in [6.07, 6.45) is 1.68. The molecule has 2 unspecified atom stereocenters. The molecule has 0 aromatic heterocycles. The van der Waals surface area contributed by atoms with E-state index in [2.05, 4.69) is 31.3 Å². The van der Waals surface area contributed by atoms with Crippen molar-refractivity contribution in [3.8, 4) is 0 Å². The van der Waals surface area contributed by atoms with Gasteiger partial charge in [-0.1, -0.05) is 58.9 Å². The number of carbonyl (C=O) groups excluding carboxylic acids is 2. The Balaban J connectivity index is 1.88. The van der Waals surface area contributed by atoms with Crippen molar-refractivity contribution in [2.45, 2.75) is 59.4 Å². The molecule has 1 saturated heterocycles. The van der Waals surface area contributed by atoms with Crippen molar-refractivity contribution in [2.24, 2.45) is 17.1 Å². The van der Waals surface area contributed by atoms with Gasteiger partial charge < -0.3 is 16.0 Å². The van der Waals surface area contributed by atoms with E-state index in [0.717, 1.165) is 24.9 Å². The first kappa shape index (κ1) is 21.4. The molecule has 1 heterocycles. The van der Waals surface area contributed by atoms with Gasteiger partial charge in [0.2, 0.25) is 11.8 Å². The molecular formula is C22H35N3O2. The van der Waals surface area contributed by atoms with Gasteiger partial charge in [0.15, 0.2) is 0 Å². The maximum Gasteiger partial charge on any atom is 0.227 e. The molecule has 3 N–H and O–H groups in total. The van der Waals surface area contributed by atoms with E-state index in [-0.39, 0.29) is 23.8 Å². The number of carbonyl (C=O) groups is 2. The standard InChI is InChI=1S/C22H35N3O2/c1-15(2)16-8-10-17(11-9-16)19(23)13-24-20(26)18-7-6-12-25(14-18)21(27)22(3,4)5/h8-11,15,18-19H,6-7,12-14,23H2,1-5H3,(H,24,26). The molecule has 1 aromatic carbocycles. The van der Waals surface area contributed by atoms with Crippen LogP contribution in [0.1, 0.15) is 70.5 Å². The molecule has 2 atom stereocenters. The normalized spacial score (nSPS) is 19.1. The van der Waals surface area contributed by atoms with Crippen molar-refractivity contribution in [3.63, 3.8) is 0 Å². The number of likely N-dealkylation sites (tertiary alicyclic amines) is 1. The second kappa shape index (κ2) is 8.87. The third-order valence-electron chi connectivity index (χ3n) is 5.25. The van der Waals surface area contributed by atoms with E-state index >= 15 is 0 Å². The molecule has 2 amide bonds. The van der Waals surface area contributed by atoms with Crippen LogP contribution < -0.4 is 11.1 Å². The van der Waals surface area contributed by atoms with Crippen molar-refractivity contribution in [1.29, 1.82) is 0 Å². The maximum absolute atomic E-state index is 12.6. The average Bonchev–Trinajstić information content (AvgIpc) is 2.64. The van der Waals surface area contributed by atoms with E-state index in [1.807, 2.05) is 37.8 Å². The molecule has 1 fully saturated rings. The van der Waals surface area contributed by atoms with Crippen LogP contribution >= 0.6 is 0 Å². The summed E-state index contributed by atoms with van der Waals surface area (Å²) < 4.78 is 0. The summed E-state index contributed by atoms with van der Waals surface area (Å²) in [7, 11) is 0. The molecule has 1 aliphatic rings. The highest BCUT2D eigenvalue weighted by atomic mass is 16.2. The van der Waals surface area contributed by atoms with Crippen molar-refractivity contribution >= 4 is 11.8 Å². The number of nitrogens with two attached hydrogens (primary N) is 1. The lowest BCUT2D eigenvalue weighted by molar-refractivity contribution is -0.142. The van der Waals surface area contributed by atoms with Crippen LogP contribution in [0.5, 0.6) is 0 Å². The van der Waals surface area contributed by atoms with Crippen LogP contribution in [-0.2, 0) is 9.59 Å². The van der Waals surface area contributed by atoms with Crippen LogP contribution in [0.3, 0.4) is 0 Å². The minimum atomic E-state index is -0.414. The van der Waals surface area contributed by atoms with Crippen molar-refractivity contribution in [2.75, 3.05) is 19.6 Å². The lowest BCUT2D eigenvalue weighted by atomic mass is 9.91. The van der Waals surface area contributed by atoms with Gasteiger partial charge in [-0.3, -0.25) is 9.59 Å². The molecule has 5 nitrogen and oxygen atoms in total. The van der Waals surface area contributed by atoms with E-state index in [0.29, 0.717) is 19.0 Å². The molecule has 150 valence electrons. The Hall–Kier alpha value is -1.88. The van der Waals surface area contributed by atoms with Crippen LogP contribution in [0.15, 0.2) is 24.3 Å². The molecule has 0 radical (unpaired) electrons. The summed E-state index contributed by atoms with van der Waals surface area (Å²) in [6, 6.07) is 8.04. The zero-order chi connectivity index (χ0) is 20.2. The molecule has 0 bridgehead atoms. The lowest BCUT2D eigenvalue weighted by Crippen LogP contribution is -2.49. The highest BCUT2D eigenvalue weighted by Crippen LogP contribution is 2.24. The number of hydrogen-bond donors (Lipinski definition) is 2. The summed E-state index contributed by atoms with van der Waals surface area (Å²) in [6.45, 7) is 11.7. The van der Waals surface area contributed by atoms with Gasteiger partial charge in [0.1, 0.15) is 0 Å². The highest BCUT2D eigenvalue weighted by Gasteiger charge is 2.33. The van der Waals surface area contributed by atoms with Crippen LogP contribution in [0, 0.1) is 11.3 Å². The van der Waals surface area contributed by atoms with Gasteiger partial charge in [0.25, 0.3) is 0 Å². The first-order chi connectivity index (χ1) is 12.6. The minimum Gasteiger partial charge on any atom is -0.354 e. The Morgan fingerprint density at radius 1 is 1.19 bits per heavy atom. The third kappa shape index (κ3) is 5.80. The first-order valence-electron chi connectivity index (χ1n) is 10.0. The molecule has 0 saturated carbocycles. The van der Waals surface area contributed by atoms with E-state index in [4.69, 9.17) is 5.73 Å². The quantitative estimate of drug-likeness (QED) is 0.832. The fourth-order valence-electron chi connectivity index (χ4n) is 3.45. The SMILES string of the molecule is CC(C)c1ccc(C(N)CNC(=O)C2CCCN(C(=O)C(C)(C)C)C2)cc1. The predicted octanol–water partition coefficient (Wildman–Crippen LogP) is 3.21. The fraction of sp³-hybridized carbons (Fsp3) is 0.636. The van der Waals surface area contributed by atoms with Gasteiger partial charge in [-0.15, -0.1) is 0 Å². The zero-order valence-corrected chi connectivity index (χ0v) is 17.4. The van der Waals surface area contributed by atoms with Crippen molar-refractivity contribution in [1.82, 2.24) is 10.2 Å². The van der Waals surface area contributed by atoms with Crippen LogP contribution in [0.4, 0.5) is 0 Å². The number of amides is 2. The van der Waals surface area contributed by atoms with Crippen LogP contribution in [0.25, 0.3) is 0 Å². The van der Waals surface area contributed by atoms with Gasteiger partial charge in [-0.25, -0.2) is 0 Å². The Bertz CT molecular complexity index is 647. The first-order valence-corrected chi connectivity index (χ1v) is 10.0. The van der Waals surface area contributed by atoms with Gasteiger partial charge in [-0.05, 0) is 29.9 Å². The number of hydrogen-bond acceptors (Lipinski definition) is 3. The van der Waals surface area contributed by atoms with Crippen LogP contribution in [-0.4, -0.2) is 36.3 Å². The Labute approximate surface area is 163 Å². The number of piperidine rings is 1. The fourth-order valence-corrected chi connectivity index (χ4v) is 3.45. The van der Waals surface area contributed by atoms with E-state index in [9.17, 15) is 9.59 Å². The van der Waals surface area contributed by atoms with E-state index < -0.39 is 5.41 Å². The number of nitrogens with zero attached hydrogens (tertiary/aromatic N) is 1. The van der Waals surface area contributed by atoms with Gasteiger partial charge in [0, 0.05) is 31.1 Å². The second-order valence-electron chi connectivity index (χ2n) is 9.01. The molecule has 0 aliphatic carbocycles. The van der Waals surface area contributed by atoms with Gasteiger partial charge >= 0.3 is 0 Å². The Morgan fingerprint density at radius 2 is 1.78 bits per heavy atom. The third-order valence-corrected chi connectivity index (χ3v) is 5.25. The van der Waals surface area contributed by atoms with Crippen molar-refractivity contribution < 1.29 is 9.59 Å². The minimum absolute atomic E-state index is 0.00402.